The molecule has 15 nitrogen and oxygen atoms in total. The van der Waals surface area contributed by atoms with Crippen LogP contribution in [0.15, 0.2) is 24.3 Å². The van der Waals surface area contributed by atoms with Crippen LogP contribution in [0.25, 0.3) is 0 Å². The summed E-state index contributed by atoms with van der Waals surface area (Å²) in [5, 5.41) is 19.1. The van der Waals surface area contributed by atoms with Gasteiger partial charge in [-0.2, -0.15) is 0 Å². The first-order chi connectivity index (χ1) is 21.0. The molecule has 0 aliphatic carbocycles. The van der Waals surface area contributed by atoms with Crippen LogP contribution in [0.5, 0.6) is 5.75 Å². The standard InChI is InChI=1S/C28H45NO14/c30-27(31)3-1-2-4-28(32)43-24-22-41-20-18-39-16-14-37-12-10-35-9-11-36-13-15-38-17-19-40-21-23-42-26-7-5-25(6-8-26)29(33)34/h5-8H,1-4,9-24H2,(H,30,31). The number of benzene rings is 1. The van der Waals surface area contributed by atoms with E-state index >= 15 is 0 Å². The number of non-ortho nitro benzene ring substituents is 1. The number of carbonyl (C=O) groups is 2. The fourth-order valence-electron chi connectivity index (χ4n) is 3.14. The van der Waals surface area contributed by atoms with Gasteiger partial charge in [0, 0.05) is 25.0 Å². The van der Waals surface area contributed by atoms with Crippen molar-refractivity contribution in [3.8, 4) is 5.75 Å². The number of hydrogen-bond donors (Lipinski definition) is 1. The number of nitro benzene ring substituents is 1. The fraction of sp³-hybridized carbons (Fsp3) is 0.714. The highest BCUT2D eigenvalue weighted by Gasteiger charge is 2.05. The molecule has 0 aromatic heterocycles. The van der Waals surface area contributed by atoms with Crippen LogP contribution in [0.1, 0.15) is 25.7 Å². The summed E-state index contributed by atoms with van der Waals surface area (Å²) in [6, 6.07) is 5.87. The Morgan fingerprint density at radius 2 is 0.953 bits per heavy atom. The summed E-state index contributed by atoms with van der Waals surface area (Å²) in [5.74, 6) is -0.677. The number of carboxylic acids is 1. The lowest BCUT2D eigenvalue weighted by Gasteiger charge is -2.09. The molecule has 0 heterocycles. The van der Waals surface area contributed by atoms with Gasteiger partial charge in [0.1, 0.15) is 19.0 Å². The zero-order valence-electron chi connectivity index (χ0n) is 24.7. The Bertz CT molecular complexity index is 839. The van der Waals surface area contributed by atoms with Gasteiger partial charge < -0.3 is 47.7 Å². The molecular formula is C28H45NO14. The average Bonchev–Trinajstić information content (AvgIpc) is 2.99. The van der Waals surface area contributed by atoms with Crippen LogP contribution in [0.4, 0.5) is 5.69 Å². The predicted octanol–water partition coefficient (Wildman–Crippen LogP) is 2.28. The number of carbonyl (C=O) groups excluding carboxylic acids is 1. The molecule has 0 aliphatic rings. The Labute approximate surface area is 251 Å². The first-order valence-corrected chi connectivity index (χ1v) is 14.3. The van der Waals surface area contributed by atoms with Gasteiger partial charge in [-0.3, -0.25) is 19.7 Å². The van der Waals surface area contributed by atoms with E-state index in [9.17, 15) is 19.7 Å². The number of ether oxygens (including phenoxy) is 9. The molecule has 0 bridgehead atoms. The summed E-state index contributed by atoms with van der Waals surface area (Å²) in [4.78, 5) is 32.0. The molecule has 1 rings (SSSR count). The van der Waals surface area contributed by atoms with Gasteiger partial charge in [-0.15, -0.1) is 0 Å². The summed E-state index contributed by atoms with van der Waals surface area (Å²) in [6.07, 6.45) is 1.21. The van der Waals surface area contributed by atoms with Gasteiger partial charge in [-0.1, -0.05) is 0 Å². The Morgan fingerprint density at radius 1 is 0.581 bits per heavy atom. The molecule has 0 saturated carbocycles. The van der Waals surface area contributed by atoms with E-state index < -0.39 is 10.9 Å². The SMILES string of the molecule is O=C(O)CCCCC(=O)OCCOCCOCCOCCOCCOCCOCCOCCOc1ccc([N+](=O)[O-])cc1. The Hall–Kier alpha value is -2.92. The van der Waals surface area contributed by atoms with Crippen LogP contribution >= 0.6 is 0 Å². The number of esters is 1. The number of rotatable bonds is 31. The van der Waals surface area contributed by atoms with Gasteiger partial charge in [0.2, 0.25) is 0 Å². The summed E-state index contributed by atoms with van der Waals surface area (Å²) < 4.78 is 48.2. The predicted molar refractivity (Wildman–Crippen MR) is 151 cm³/mol. The number of carboxylic acid groups (broad SMARTS) is 1. The minimum Gasteiger partial charge on any atom is -0.491 e. The van der Waals surface area contributed by atoms with Crippen molar-refractivity contribution in [2.75, 3.05) is 106 Å². The van der Waals surface area contributed by atoms with E-state index in [2.05, 4.69) is 0 Å². The van der Waals surface area contributed by atoms with Crippen molar-refractivity contribution in [3.05, 3.63) is 34.4 Å². The van der Waals surface area contributed by atoms with Crippen molar-refractivity contribution in [2.45, 2.75) is 25.7 Å². The smallest absolute Gasteiger partial charge is 0.305 e. The summed E-state index contributed by atoms with van der Waals surface area (Å²) in [6.45, 7) is 6.34. The van der Waals surface area contributed by atoms with E-state index in [1.165, 1.54) is 12.1 Å². The van der Waals surface area contributed by atoms with Gasteiger partial charge in [0.25, 0.3) is 5.69 Å². The van der Waals surface area contributed by atoms with Gasteiger partial charge in [-0.25, -0.2) is 0 Å². The average molecular weight is 620 g/mol. The highest BCUT2D eigenvalue weighted by Crippen LogP contribution is 2.17. The summed E-state index contributed by atoms with van der Waals surface area (Å²) in [5.41, 5.74) is 0.0172. The quantitative estimate of drug-likeness (QED) is 0.0553. The third kappa shape index (κ3) is 25.3. The monoisotopic (exact) mass is 619 g/mol. The molecule has 0 unspecified atom stereocenters. The summed E-state index contributed by atoms with van der Waals surface area (Å²) >= 11 is 0. The normalized spacial score (nSPS) is 11.0. The topological polar surface area (TPSA) is 181 Å². The number of aliphatic carboxylic acids is 1. The molecule has 0 fully saturated rings. The van der Waals surface area contributed by atoms with Crippen LogP contribution in [-0.2, 0) is 47.5 Å². The zero-order chi connectivity index (χ0) is 31.2. The Balaban J connectivity index is 1.70. The zero-order valence-corrected chi connectivity index (χ0v) is 24.7. The van der Waals surface area contributed by atoms with E-state index in [4.69, 9.17) is 47.7 Å². The fourth-order valence-corrected chi connectivity index (χ4v) is 3.14. The third-order valence-corrected chi connectivity index (χ3v) is 5.29. The highest BCUT2D eigenvalue weighted by molar-refractivity contribution is 5.69. The minimum atomic E-state index is -0.868. The van der Waals surface area contributed by atoms with Crippen LogP contribution in [0.3, 0.4) is 0 Å². The molecule has 1 N–H and O–H groups in total. The van der Waals surface area contributed by atoms with E-state index in [1.54, 1.807) is 12.1 Å². The second-order valence-corrected chi connectivity index (χ2v) is 8.71. The Kier molecular flexibility index (Phi) is 24.7. The van der Waals surface area contributed by atoms with E-state index in [1.807, 2.05) is 0 Å². The molecule has 1 aromatic rings. The minimum absolute atomic E-state index is 0.0172. The lowest BCUT2D eigenvalue weighted by Crippen LogP contribution is -2.15. The maximum atomic E-state index is 11.5. The van der Waals surface area contributed by atoms with Gasteiger partial charge >= 0.3 is 11.9 Å². The van der Waals surface area contributed by atoms with Crippen molar-refractivity contribution < 1.29 is 62.3 Å². The van der Waals surface area contributed by atoms with Crippen molar-refractivity contribution in [1.82, 2.24) is 0 Å². The largest absolute Gasteiger partial charge is 0.491 e. The second kappa shape index (κ2) is 27.9. The molecule has 0 saturated heterocycles. The molecule has 0 aliphatic heterocycles. The first-order valence-electron chi connectivity index (χ1n) is 14.3. The second-order valence-electron chi connectivity index (χ2n) is 8.71. The number of nitrogens with zero attached hydrogens (tertiary/aromatic N) is 1. The molecule has 0 amide bonds. The van der Waals surface area contributed by atoms with Crippen LogP contribution < -0.4 is 4.74 Å². The molecule has 0 radical (unpaired) electrons. The maximum Gasteiger partial charge on any atom is 0.305 e. The van der Waals surface area contributed by atoms with Crippen molar-refractivity contribution in [1.29, 1.82) is 0 Å². The van der Waals surface area contributed by atoms with Gasteiger partial charge in [-0.05, 0) is 25.0 Å². The molecule has 1 aromatic carbocycles. The van der Waals surface area contributed by atoms with Crippen LogP contribution in [-0.4, -0.2) is 128 Å². The molecule has 0 atom stereocenters. The number of nitro groups is 1. The van der Waals surface area contributed by atoms with Crippen LogP contribution in [0, 0.1) is 10.1 Å². The van der Waals surface area contributed by atoms with Crippen LogP contribution in [0.2, 0.25) is 0 Å². The van der Waals surface area contributed by atoms with Crippen molar-refractivity contribution in [3.63, 3.8) is 0 Å². The Morgan fingerprint density at radius 3 is 1.35 bits per heavy atom. The molecule has 43 heavy (non-hydrogen) atoms. The van der Waals surface area contributed by atoms with Crippen molar-refractivity contribution >= 4 is 17.6 Å². The van der Waals surface area contributed by atoms with E-state index in [0.717, 1.165) is 0 Å². The molecule has 15 heteroatoms. The molecule has 0 spiro atoms. The van der Waals surface area contributed by atoms with E-state index in [0.29, 0.717) is 111 Å². The van der Waals surface area contributed by atoms with Gasteiger partial charge in [0.05, 0.1) is 97.4 Å². The number of unbranched alkanes of at least 4 members (excludes halogenated alkanes) is 1. The summed E-state index contributed by atoms with van der Waals surface area (Å²) in [7, 11) is 0. The lowest BCUT2D eigenvalue weighted by atomic mass is 10.2. The molecule has 246 valence electrons. The maximum absolute atomic E-state index is 11.5. The van der Waals surface area contributed by atoms with Crippen molar-refractivity contribution in [2.24, 2.45) is 0 Å². The lowest BCUT2D eigenvalue weighted by molar-refractivity contribution is -0.384. The third-order valence-electron chi connectivity index (χ3n) is 5.29. The molecular weight excluding hydrogens is 574 g/mol. The number of hydrogen-bond acceptors (Lipinski definition) is 13. The highest BCUT2D eigenvalue weighted by atomic mass is 16.6. The van der Waals surface area contributed by atoms with Gasteiger partial charge in [0.15, 0.2) is 0 Å². The van der Waals surface area contributed by atoms with E-state index in [-0.39, 0.29) is 37.7 Å². The first kappa shape index (κ1) is 38.1.